The Hall–Kier alpha value is -1.46. The van der Waals surface area contributed by atoms with Crippen LogP contribution in [0.2, 0.25) is 5.02 Å². The maximum atomic E-state index is 12.4. The number of rotatable bonds is 6. The monoisotopic (exact) mass is 324 g/mol. The maximum Gasteiger partial charge on any atom is 0.249 e. The average molecular weight is 325 g/mol. The van der Waals surface area contributed by atoms with E-state index in [2.05, 4.69) is 11.9 Å². The summed E-state index contributed by atoms with van der Waals surface area (Å²) in [6.45, 7) is 4.16. The molecule has 0 radical (unpaired) electrons. The minimum absolute atomic E-state index is 0.106. The van der Waals surface area contributed by atoms with Crippen LogP contribution in [0, 0.1) is 0 Å². The smallest absolute Gasteiger partial charge is 0.249 e. The summed E-state index contributed by atoms with van der Waals surface area (Å²) in [6.07, 6.45) is 2.35. The van der Waals surface area contributed by atoms with E-state index in [9.17, 15) is 9.59 Å². The molecule has 1 heterocycles. The summed E-state index contributed by atoms with van der Waals surface area (Å²) >= 11 is 7.58. The zero-order chi connectivity index (χ0) is 15.2. The number of anilines is 1. The van der Waals surface area contributed by atoms with Crippen molar-refractivity contribution in [3.05, 3.63) is 41.9 Å². The molecule has 4 nitrogen and oxygen atoms in total. The number of nitrogens with one attached hydrogen (secondary N) is 1. The predicted octanol–water partition coefficient (Wildman–Crippen LogP) is 2.48. The number of nitrogens with zero attached hydrogens (tertiary/aromatic N) is 1. The molecule has 1 aromatic carbocycles. The number of amides is 2. The maximum absolute atomic E-state index is 12.4. The van der Waals surface area contributed by atoms with E-state index in [4.69, 9.17) is 11.6 Å². The van der Waals surface area contributed by atoms with E-state index in [0.717, 1.165) is 5.75 Å². The number of carbonyl (C=O) groups excluding carboxylic acids is 2. The Morgan fingerprint density at radius 1 is 1.52 bits per heavy atom. The first kappa shape index (κ1) is 15.9. The van der Waals surface area contributed by atoms with Gasteiger partial charge in [-0.25, -0.2) is 0 Å². The highest BCUT2D eigenvalue weighted by Crippen LogP contribution is 2.28. The average Bonchev–Trinajstić information content (AvgIpc) is 2.81. The van der Waals surface area contributed by atoms with Gasteiger partial charge >= 0.3 is 0 Å². The lowest BCUT2D eigenvalue weighted by Crippen LogP contribution is -2.42. The molecule has 6 heteroatoms. The number of benzene rings is 1. The van der Waals surface area contributed by atoms with Crippen molar-refractivity contribution in [1.82, 2.24) is 5.32 Å². The van der Waals surface area contributed by atoms with Crippen molar-refractivity contribution in [3.8, 4) is 0 Å². The van der Waals surface area contributed by atoms with Crippen molar-refractivity contribution in [3.63, 3.8) is 0 Å². The normalized spacial score (nSPS) is 17.9. The van der Waals surface area contributed by atoms with Crippen molar-refractivity contribution < 1.29 is 9.59 Å². The molecule has 0 bridgehead atoms. The molecule has 0 saturated carbocycles. The van der Waals surface area contributed by atoms with E-state index in [1.165, 1.54) is 11.8 Å². The van der Waals surface area contributed by atoms with Crippen LogP contribution >= 0.6 is 23.4 Å². The first-order chi connectivity index (χ1) is 10.1. The van der Waals surface area contributed by atoms with Crippen LogP contribution in [0.5, 0.6) is 0 Å². The third-order valence-corrected chi connectivity index (χ3v) is 4.41. The Morgan fingerprint density at radius 3 is 3.00 bits per heavy atom. The van der Waals surface area contributed by atoms with Gasteiger partial charge in [-0.05, 0) is 18.6 Å². The number of hydrogen-bond donors (Lipinski definition) is 1. The van der Waals surface area contributed by atoms with Gasteiger partial charge in [-0.1, -0.05) is 29.8 Å². The third-order valence-electron chi connectivity index (χ3n) is 3.15. The molecule has 0 spiro atoms. The molecule has 0 aliphatic carbocycles. The Bertz CT molecular complexity index is 550. The van der Waals surface area contributed by atoms with Crippen LogP contribution in [0.25, 0.3) is 0 Å². The quantitative estimate of drug-likeness (QED) is 0.646. The van der Waals surface area contributed by atoms with Crippen LogP contribution in [-0.4, -0.2) is 35.9 Å². The summed E-state index contributed by atoms with van der Waals surface area (Å²) in [5.41, 5.74) is 0.696. The largest absolute Gasteiger partial charge is 0.343 e. The van der Waals surface area contributed by atoms with Gasteiger partial charge in [-0.3, -0.25) is 9.59 Å². The second-order valence-electron chi connectivity index (χ2n) is 4.65. The van der Waals surface area contributed by atoms with Crippen molar-refractivity contribution in [1.29, 1.82) is 0 Å². The second kappa shape index (κ2) is 7.52. The summed E-state index contributed by atoms with van der Waals surface area (Å²) in [5.74, 6) is 0.825. The Balaban J connectivity index is 1.94. The topological polar surface area (TPSA) is 49.4 Å². The van der Waals surface area contributed by atoms with Crippen LogP contribution in [0.15, 0.2) is 36.9 Å². The van der Waals surface area contributed by atoms with Gasteiger partial charge in [0.15, 0.2) is 0 Å². The molecular formula is C15H17ClN2O2S. The standard InChI is InChI=1S/C15H17ClN2O2S/c1-2-9-21-10-14(19)17-12-7-8-18(15(12)20)13-6-4-3-5-11(13)16/h2-6,12H,1,7-10H2,(H,17,19)/t12-/m1/s1. The second-order valence-corrected chi connectivity index (χ2v) is 6.09. The molecule has 2 amide bonds. The Morgan fingerprint density at radius 2 is 2.29 bits per heavy atom. The zero-order valence-electron chi connectivity index (χ0n) is 11.5. The minimum Gasteiger partial charge on any atom is -0.343 e. The van der Waals surface area contributed by atoms with Gasteiger partial charge in [0, 0.05) is 12.3 Å². The molecule has 112 valence electrons. The first-order valence-corrected chi connectivity index (χ1v) is 8.20. The van der Waals surface area contributed by atoms with Crippen LogP contribution in [0.4, 0.5) is 5.69 Å². The van der Waals surface area contributed by atoms with Gasteiger partial charge in [0.1, 0.15) is 6.04 Å². The fourth-order valence-corrected chi connectivity index (χ4v) is 2.99. The van der Waals surface area contributed by atoms with Crippen molar-refractivity contribution in [2.45, 2.75) is 12.5 Å². The minimum atomic E-state index is -0.460. The summed E-state index contributed by atoms with van der Waals surface area (Å²) in [6, 6.07) is 6.76. The molecule has 1 atom stereocenters. The van der Waals surface area contributed by atoms with E-state index in [-0.39, 0.29) is 11.8 Å². The molecule has 1 aliphatic rings. The molecule has 1 aliphatic heterocycles. The molecule has 1 fully saturated rings. The van der Waals surface area contributed by atoms with Gasteiger partial charge in [-0.2, -0.15) is 0 Å². The fraction of sp³-hybridized carbons (Fsp3) is 0.333. The number of thioether (sulfide) groups is 1. The lowest BCUT2D eigenvalue weighted by Gasteiger charge is -2.18. The van der Waals surface area contributed by atoms with Gasteiger partial charge in [0.2, 0.25) is 11.8 Å². The van der Waals surface area contributed by atoms with E-state index >= 15 is 0 Å². The lowest BCUT2D eigenvalue weighted by molar-refractivity contribution is -0.124. The van der Waals surface area contributed by atoms with E-state index in [1.54, 1.807) is 17.0 Å². The number of carbonyl (C=O) groups is 2. The molecule has 1 saturated heterocycles. The Labute approximate surface area is 133 Å². The fourth-order valence-electron chi connectivity index (χ4n) is 2.19. The number of para-hydroxylation sites is 1. The molecule has 21 heavy (non-hydrogen) atoms. The molecule has 1 N–H and O–H groups in total. The predicted molar refractivity (Wildman–Crippen MR) is 87.9 cm³/mol. The van der Waals surface area contributed by atoms with Crippen molar-refractivity contribution >= 4 is 40.9 Å². The van der Waals surface area contributed by atoms with E-state index in [1.807, 2.05) is 18.2 Å². The van der Waals surface area contributed by atoms with Gasteiger partial charge in [0.05, 0.1) is 16.5 Å². The first-order valence-electron chi connectivity index (χ1n) is 6.67. The molecule has 2 rings (SSSR count). The number of hydrogen-bond acceptors (Lipinski definition) is 3. The van der Waals surface area contributed by atoms with Crippen LogP contribution in [0.3, 0.4) is 0 Å². The van der Waals surface area contributed by atoms with E-state index < -0.39 is 6.04 Å². The summed E-state index contributed by atoms with van der Waals surface area (Å²) < 4.78 is 0. The zero-order valence-corrected chi connectivity index (χ0v) is 13.1. The highest BCUT2D eigenvalue weighted by Gasteiger charge is 2.34. The SMILES string of the molecule is C=CCSCC(=O)N[C@@H]1CCN(c2ccccc2Cl)C1=O. The molecule has 1 aromatic rings. The van der Waals surface area contributed by atoms with Gasteiger partial charge in [-0.15, -0.1) is 18.3 Å². The summed E-state index contributed by atoms with van der Waals surface area (Å²) in [4.78, 5) is 25.7. The Kier molecular flexibility index (Phi) is 5.70. The van der Waals surface area contributed by atoms with Crippen LogP contribution in [0.1, 0.15) is 6.42 Å². The molecular weight excluding hydrogens is 308 g/mol. The number of halogens is 1. The lowest BCUT2D eigenvalue weighted by atomic mass is 10.2. The molecule has 0 aromatic heterocycles. The summed E-state index contributed by atoms with van der Waals surface area (Å²) in [5, 5.41) is 3.32. The highest BCUT2D eigenvalue weighted by atomic mass is 35.5. The van der Waals surface area contributed by atoms with Crippen molar-refractivity contribution in [2.75, 3.05) is 23.0 Å². The van der Waals surface area contributed by atoms with Crippen LogP contribution < -0.4 is 10.2 Å². The highest BCUT2D eigenvalue weighted by molar-refractivity contribution is 8.00. The van der Waals surface area contributed by atoms with Crippen LogP contribution in [-0.2, 0) is 9.59 Å². The van der Waals surface area contributed by atoms with Crippen molar-refractivity contribution in [2.24, 2.45) is 0 Å². The van der Waals surface area contributed by atoms with E-state index in [0.29, 0.717) is 29.4 Å². The third kappa shape index (κ3) is 4.02. The summed E-state index contributed by atoms with van der Waals surface area (Å²) in [7, 11) is 0. The van der Waals surface area contributed by atoms with Gasteiger partial charge in [0.25, 0.3) is 0 Å². The molecule has 0 unspecified atom stereocenters. The van der Waals surface area contributed by atoms with Gasteiger partial charge < -0.3 is 10.2 Å².